The van der Waals surface area contributed by atoms with Gasteiger partial charge in [0.1, 0.15) is 0 Å². The molecule has 4 heteroatoms. The summed E-state index contributed by atoms with van der Waals surface area (Å²) in [5, 5.41) is 0. The van der Waals surface area contributed by atoms with E-state index < -0.39 is 0 Å². The van der Waals surface area contributed by atoms with Crippen molar-refractivity contribution in [2.45, 2.75) is 0 Å². The summed E-state index contributed by atoms with van der Waals surface area (Å²) in [7, 11) is 0. The molecule has 0 bridgehead atoms. The van der Waals surface area contributed by atoms with E-state index in [2.05, 4.69) is 12.5 Å². The summed E-state index contributed by atoms with van der Waals surface area (Å²) in [5.41, 5.74) is 0. The Labute approximate surface area is 69.8 Å². The van der Waals surface area contributed by atoms with Crippen molar-refractivity contribution >= 4 is 66.5 Å². The van der Waals surface area contributed by atoms with Crippen molar-refractivity contribution < 1.29 is 4.21 Å². The van der Waals surface area contributed by atoms with Gasteiger partial charge in [0.15, 0.2) is 12.5 Å². The van der Waals surface area contributed by atoms with Gasteiger partial charge in [-0.1, -0.05) is 0 Å². The Morgan fingerprint density at radius 1 is 1.25 bits per heavy atom. The van der Waals surface area contributed by atoms with E-state index in [1.165, 1.54) is 0 Å². The summed E-state index contributed by atoms with van der Waals surface area (Å²) in [6.45, 7) is 0. The van der Waals surface area contributed by atoms with Gasteiger partial charge in [-0.05, 0) is 0 Å². The normalized spacial score (nSPS) is 1.00. The fourth-order valence-corrected chi connectivity index (χ4v) is 0. The van der Waals surface area contributed by atoms with Crippen LogP contribution >= 0.6 is 0 Å². The Hall–Kier alpha value is 1.84. The second-order valence-corrected chi connectivity index (χ2v) is 0. The van der Waals surface area contributed by atoms with Crippen LogP contribution in [-0.4, -0.2) is 58.2 Å². The molecule has 0 aliphatic carbocycles. The van der Waals surface area contributed by atoms with Crippen molar-refractivity contribution in [3.63, 3.8) is 0 Å². The second-order valence-electron chi connectivity index (χ2n) is 0. The smallest absolute Gasteiger partial charge is 0.197 e. The van der Waals surface area contributed by atoms with Crippen LogP contribution in [-0.2, 0) is 12.5 Å². The van der Waals surface area contributed by atoms with Gasteiger partial charge in [0, 0.05) is 54.0 Å². The molecule has 4 radical (unpaired) electrons. The first kappa shape index (κ1) is 17.0. The Morgan fingerprint density at radius 2 is 1.25 bits per heavy atom. The second kappa shape index (κ2) is 21.1. The third-order valence-electron chi connectivity index (χ3n) is 0. The van der Waals surface area contributed by atoms with E-state index in [9.17, 15) is 0 Å². The summed E-state index contributed by atoms with van der Waals surface area (Å²) in [6.07, 6.45) is 0. The fourth-order valence-electron chi connectivity index (χ4n) is 0. The summed E-state index contributed by atoms with van der Waals surface area (Å²) in [4.78, 5) is 0. The molecule has 0 aliphatic heterocycles. The van der Waals surface area contributed by atoms with Gasteiger partial charge in [-0.2, -0.15) is 4.21 Å². The predicted molar refractivity (Wildman–Crippen MR) is 19.7 cm³/mol. The number of hydrogen-bond donors (Lipinski definition) is 0. The topological polar surface area (TPSA) is 17.1 Å². The molecular formula is NaOSSb. The van der Waals surface area contributed by atoms with Crippen molar-refractivity contribution in [3.05, 3.63) is 0 Å². The maximum absolute atomic E-state index is 7.83. The SMILES string of the molecule is O=S.[Na].[Sb]. The third kappa shape index (κ3) is 9.15. The van der Waals surface area contributed by atoms with Crippen molar-refractivity contribution in [1.29, 1.82) is 0 Å². The molecule has 4 heavy (non-hydrogen) atoms. The number of rotatable bonds is 0. The monoisotopic (exact) mass is 192 g/mol. The van der Waals surface area contributed by atoms with Crippen LogP contribution in [0.2, 0.25) is 0 Å². The van der Waals surface area contributed by atoms with Gasteiger partial charge in [0.2, 0.25) is 0 Å². The minimum atomic E-state index is 0. The zero-order chi connectivity index (χ0) is 2.00. The molecule has 0 aromatic rings. The molecule has 0 fully saturated rings. The van der Waals surface area contributed by atoms with Gasteiger partial charge in [-0.15, -0.1) is 0 Å². The van der Waals surface area contributed by atoms with Gasteiger partial charge in [0.25, 0.3) is 0 Å². The third-order valence-corrected chi connectivity index (χ3v) is 0. The summed E-state index contributed by atoms with van der Waals surface area (Å²) < 4.78 is 7.83. The molecule has 0 rings (SSSR count). The van der Waals surface area contributed by atoms with Crippen LogP contribution in [0.3, 0.4) is 0 Å². The standard InChI is InChI=1S/Na.OS.Sb/c;1-2;. The van der Waals surface area contributed by atoms with Gasteiger partial charge in [0.05, 0.1) is 0 Å². The molecule has 0 heterocycles. The molecule has 0 N–H and O–H groups in total. The van der Waals surface area contributed by atoms with Crippen LogP contribution in [0.1, 0.15) is 0 Å². The van der Waals surface area contributed by atoms with E-state index >= 15 is 0 Å². The summed E-state index contributed by atoms with van der Waals surface area (Å²) in [6, 6.07) is 0. The van der Waals surface area contributed by atoms with Crippen LogP contribution in [0.4, 0.5) is 0 Å². The van der Waals surface area contributed by atoms with Gasteiger partial charge < -0.3 is 0 Å². The van der Waals surface area contributed by atoms with Crippen molar-refractivity contribution in [2.24, 2.45) is 0 Å². The molecule has 0 aromatic heterocycles. The van der Waals surface area contributed by atoms with Crippen LogP contribution in [0.15, 0.2) is 0 Å². The predicted octanol–water partition coefficient (Wildman–Crippen LogP) is -1.10. The Bertz CT molecular complexity index is 8.00. The molecule has 0 spiro atoms. The minimum absolute atomic E-state index is 0. The van der Waals surface area contributed by atoms with Gasteiger partial charge >= 0.3 is 0 Å². The van der Waals surface area contributed by atoms with E-state index in [1.807, 2.05) is 0 Å². The van der Waals surface area contributed by atoms with E-state index in [-0.39, 0.29) is 54.0 Å². The minimum Gasteiger partial charge on any atom is -0.197 e. The van der Waals surface area contributed by atoms with Crippen LogP contribution in [0.5, 0.6) is 0 Å². The van der Waals surface area contributed by atoms with Crippen LogP contribution < -0.4 is 0 Å². The average Bonchev–Trinajstić information content (AvgIpc) is 1.00. The molecule has 0 saturated heterocycles. The largest absolute Gasteiger partial charge is 0.197 e. The maximum Gasteiger partial charge on any atom is 0.197 e. The van der Waals surface area contributed by atoms with Crippen molar-refractivity contribution in [1.82, 2.24) is 0 Å². The first-order valence-electron chi connectivity index (χ1n) is 0.167. The first-order valence-corrected chi connectivity index (χ1v) is 0.500. The molecule has 0 aromatic carbocycles. The molecule has 0 amide bonds. The zero-order valence-corrected chi connectivity index (χ0v) is 7.63. The molecular weight excluding hydrogens is 193 g/mol. The average molecular weight is 193 g/mol. The Morgan fingerprint density at radius 3 is 1.25 bits per heavy atom. The Kier molecular flexibility index (Phi) is 89.5. The molecule has 0 unspecified atom stereocenters. The quantitative estimate of drug-likeness (QED) is 0.454. The maximum atomic E-state index is 7.83. The van der Waals surface area contributed by atoms with Crippen LogP contribution in [0.25, 0.3) is 0 Å². The van der Waals surface area contributed by atoms with Gasteiger partial charge in [-0.25, -0.2) is 0 Å². The van der Waals surface area contributed by atoms with Crippen molar-refractivity contribution in [3.8, 4) is 0 Å². The summed E-state index contributed by atoms with van der Waals surface area (Å²) in [5.74, 6) is 0. The summed E-state index contributed by atoms with van der Waals surface area (Å²) >= 11 is 2.83. The van der Waals surface area contributed by atoms with E-state index in [0.717, 1.165) is 0 Å². The van der Waals surface area contributed by atoms with E-state index in [0.29, 0.717) is 0 Å². The van der Waals surface area contributed by atoms with E-state index in [4.69, 9.17) is 4.21 Å². The number of hydrogen-bond acceptors (Lipinski definition) is 2. The molecule has 0 aliphatic rings. The first-order chi connectivity index (χ1) is 1.00. The zero-order valence-electron chi connectivity index (χ0n) is 2.26. The molecule has 0 atom stereocenters. The fraction of sp³-hybridized carbons (Fsp3) is 0. The molecule has 1 nitrogen and oxygen atoms in total. The van der Waals surface area contributed by atoms with E-state index in [1.54, 1.807) is 0 Å². The molecule has 18 valence electrons. The van der Waals surface area contributed by atoms with Gasteiger partial charge in [-0.3, -0.25) is 0 Å². The van der Waals surface area contributed by atoms with Crippen molar-refractivity contribution in [2.75, 3.05) is 0 Å². The van der Waals surface area contributed by atoms with Crippen LogP contribution in [0, 0.1) is 0 Å². The molecule has 0 saturated carbocycles. The Balaban J connectivity index is -0.00000000500.